The van der Waals surface area contributed by atoms with Crippen molar-refractivity contribution in [1.29, 1.82) is 0 Å². The Morgan fingerprint density at radius 2 is 2.31 bits per heavy atom. The predicted octanol–water partition coefficient (Wildman–Crippen LogP) is -1.16. The summed E-state index contributed by atoms with van der Waals surface area (Å²) in [6.07, 6.45) is -1.61. The van der Waals surface area contributed by atoms with Gasteiger partial charge in [-0.2, -0.15) is 4.98 Å². The van der Waals surface area contributed by atoms with Crippen molar-refractivity contribution in [2.45, 2.75) is 31.8 Å². The molecule has 1 aliphatic rings. The zero-order valence-corrected chi connectivity index (χ0v) is 14.3. The Labute approximate surface area is 145 Å². The zero-order valence-electron chi connectivity index (χ0n) is 13.4. The van der Waals surface area contributed by atoms with Crippen molar-refractivity contribution in [1.82, 2.24) is 19.5 Å². The van der Waals surface area contributed by atoms with E-state index in [1.165, 1.54) is 17.8 Å². The highest BCUT2D eigenvalue weighted by atomic mass is 31.2. The number of aromatic amines is 1. The molecular weight excluding hydrogens is 373 g/mol. The number of hydrogen-bond acceptors (Lipinski definition) is 8. The van der Waals surface area contributed by atoms with Crippen LogP contribution in [0.2, 0.25) is 0 Å². The predicted molar refractivity (Wildman–Crippen MR) is 85.0 cm³/mol. The Bertz CT molecular complexity index is 935. The van der Waals surface area contributed by atoms with E-state index >= 15 is 0 Å². The van der Waals surface area contributed by atoms with Gasteiger partial charge in [0.05, 0.1) is 12.9 Å². The van der Waals surface area contributed by atoms with Crippen LogP contribution in [0.1, 0.15) is 19.6 Å². The molecule has 0 saturated carbocycles. The van der Waals surface area contributed by atoms with Crippen molar-refractivity contribution in [2.75, 3.05) is 11.9 Å². The maximum Gasteiger partial charge on any atom is 0.469 e. The van der Waals surface area contributed by atoms with E-state index in [1.807, 2.05) is 0 Å². The molecule has 0 aromatic carbocycles. The second-order valence-corrected chi connectivity index (χ2v) is 6.80. The maximum atomic E-state index is 11.8. The fourth-order valence-electron chi connectivity index (χ4n) is 2.73. The molecule has 2 aromatic heterocycles. The van der Waals surface area contributed by atoms with Crippen LogP contribution in [0.15, 0.2) is 11.1 Å². The summed E-state index contributed by atoms with van der Waals surface area (Å²) in [5.41, 5.74) is -0.443. The highest BCUT2D eigenvalue weighted by Crippen LogP contribution is 2.43. The number of hydrogen-bond donors (Lipinski definition) is 5. The molecular formula is C12H16N5O8P. The van der Waals surface area contributed by atoms with Gasteiger partial charge in [0, 0.05) is 13.3 Å². The number of anilines is 1. The maximum absolute atomic E-state index is 11.8. The van der Waals surface area contributed by atoms with E-state index in [9.17, 15) is 19.3 Å². The van der Waals surface area contributed by atoms with Crippen LogP contribution in [0.25, 0.3) is 11.2 Å². The first-order valence-corrected chi connectivity index (χ1v) is 8.95. The van der Waals surface area contributed by atoms with Crippen LogP contribution in [-0.2, 0) is 18.6 Å². The molecule has 3 heterocycles. The SMILES string of the molecule is CC(=O)Nc1[nH]c(=O)nc2c1ncn2[C@H]1C[C@H](OP(=O)(O)O)[C@@H](CO)O1. The minimum Gasteiger partial charge on any atom is -0.394 e. The summed E-state index contributed by atoms with van der Waals surface area (Å²) in [6, 6.07) is 0. The molecule has 3 atom stereocenters. The van der Waals surface area contributed by atoms with Gasteiger partial charge in [-0.1, -0.05) is 0 Å². The van der Waals surface area contributed by atoms with E-state index in [0.717, 1.165) is 0 Å². The van der Waals surface area contributed by atoms with E-state index in [2.05, 4.69) is 24.8 Å². The molecule has 26 heavy (non-hydrogen) atoms. The number of aliphatic hydroxyl groups is 1. The third-order valence-electron chi connectivity index (χ3n) is 3.69. The summed E-state index contributed by atoms with van der Waals surface area (Å²) in [4.78, 5) is 51.2. The summed E-state index contributed by atoms with van der Waals surface area (Å²) < 4.78 is 22.6. The number of phosphoric acid groups is 1. The molecule has 3 rings (SSSR count). The molecule has 1 saturated heterocycles. The number of nitrogens with one attached hydrogen (secondary N) is 2. The van der Waals surface area contributed by atoms with Gasteiger partial charge in [-0.05, 0) is 0 Å². The standard InChI is InChI=1S/C12H16N5O8P/c1-5(19)14-10-9-11(16-12(20)15-10)17(4-13-9)8-2-6(7(3-18)24-8)25-26(21,22)23/h4,6-8,18H,2-3H2,1H3,(H2,21,22,23)(H2,14,15,16,19,20)/t6-,7+,8+/m0/s1. The number of ether oxygens (including phenoxy) is 1. The quantitative estimate of drug-likeness (QED) is 0.390. The Balaban J connectivity index is 1.96. The lowest BCUT2D eigenvalue weighted by atomic mass is 10.2. The minimum absolute atomic E-state index is 0.0221. The topological polar surface area (TPSA) is 189 Å². The fourth-order valence-corrected chi connectivity index (χ4v) is 3.31. The van der Waals surface area contributed by atoms with Crippen molar-refractivity contribution >= 4 is 30.7 Å². The molecule has 0 radical (unpaired) electrons. The highest BCUT2D eigenvalue weighted by Gasteiger charge is 2.40. The highest BCUT2D eigenvalue weighted by molar-refractivity contribution is 7.46. The molecule has 0 aliphatic carbocycles. The summed E-state index contributed by atoms with van der Waals surface area (Å²) >= 11 is 0. The molecule has 14 heteroatoms. The monoisotopic (exact) mass is 389 g/mol. The van der Waals surface area contributed by atoms with E-state index < -0.39 is 44.5 Å². The first kappa shape index (κ1) is 18.6. The molecule has 0 bridgehead atoms. The number of amides is 1. The van der Waals surface area contributed by atoms with Crippen LogP contribution in [0.4, 0.5) is 5.82 Å². The van der Waals surface area contributed by atoms with Crippen molar-refractivity contribution in [2.24, 2.45) is 0 Å². The fraction of sp³-hybridized carbons (Fsp3) is 0.500. The second kappa shape index (κ2) is 6.87. The van der Waals surface area contributed by atoms with Crippen molar-refractivity contribution in [3.05, 3.63) is 16.8 Å². The van der Waals surface area contributed by atoms with Gasteiger partial charge in [-0.3, -0.25) is 18.9 Å². The number of nitrogens with zero attached hydrogens (tertiary/aromatic N) is 3. The Kier molecular flexibility index (Phi) is 4.92. The first-order chi connectivity index (χ1) is 12.2. The summed E-state index contributed by atoms with van der Waals surface area (Å²) in [6.45, 7) is 0.733. The number of carbonyl (C=O) groups is 1. The summed E-state index contributed by atoms with van der Waals surface area (Å²) in [5, 5.41) is 11.8. The molecule has 0 unspecified atom stereocenters. The lowest BCUT2D eigenvalue weighted by Gasteiger charge is -2.16. The Hall–Kier alpha value is -2.15. The molecule has 1 amide bonds. The largest absolute Gasteiger partial charge is 0.469 e. The Morgan fingerprint density at radius 3 is 2.92 bits per heavy atom. The van der Waals surface area contributed by atoms with Gasteiger partial charge >= 0.3 is 13.5 Å². The Morgan fingerprint density at radius 1 is 1.58 bits per heavy atom. The number of carbonyl (C=O) groups excluding carboxylic acids is 1. The van der Waals surface area contributed by atoms with E-state index in [4.69, 9.17) is 14.5 Å². The van der Waals surface area contributed by atoms with Crippen molar-refractivity contribution in [3.63, 3.8) is 0 Å². The van der Waals surface area contributed by atoms with Crippen LogP contribution in [0.3, 0.4) is 0 Å². The number of rotatable bonds is 5. The number of H-pyrrole nitrogens is 1. The van der Waals surface area contributed by atoms with Gasteiger partial charge in [-0.25, -0.2) is 14.3 Å². The van der Waals surface area contributed by atoms with Crippen molar-refractivity contribution < 1.29 is 33.5 Å². The van der Waals surface area contributed by atoms with Gasteiger partial charge in [0.2, 0.25) is 5.91 Å². The van der Waals surface area contributed by atoms with Crippen LogP contribution in [0.5, 0.6) is 0 Å². The lowest BCUT2D eigenvalue weighted by Crippen LogP contribution is -2.26. The van der Waals surface area contributed by atoms with Crippen molar-refractivity contribution in [3.8, 4) is 0 Å². The van der Waals surface area contributed by atoms with Crippen LogP contribution in [-0.4, -0.2) is 59.1 Å². The number of imidazole rings is 1. The zero-order chi connectivity index (χ0) is 19.1. The molecule has 13 nitrogen and oxygen atoms in total. The molecule has 2 aromatic rings. The average molecular weight is 389 g/mol. The number of phosphoric ester groups is 1. The van der Waals surface area contributed by atoms with Gasteiger partial charge in [0.15, 0.2) is 5.65 Å². The normalized spacial score (nSPS) is 23.5. The van der Waals surface area contributed by atoms with Gasteiger partial charge in [-0.15, -0.1) is 0 Å². The number of fused-ring (bicyclic) bond motifs is 1. The minimum atomic E-state index is -4.78. The third kappa shape index (κ3) is 3.82. The average Bonchev–Trinajstić information content (AvgIpc) is 3.08. The third-order valence-corrected chi connectivity index (χ3v) is 4.23. The van der Waals surface area contributed by atoms with Gasteiger partial charge in [0.1, 0.15) is 29.8 Å². The second-order valence-electron chi connectivity index (χ2n) is 5.60. The van der Waals surface area contributed by atoms with Crippen LogP contribution in [0, 0.1) is 0 Å². The van der Waals surface area contributed by atoms with Gasteiger partial charge in [0.25, 0.3) is 0 Å². The molecule has 1 fully saturated rings. The molecule has 142 valence electrons. The molecule has 1 aliphatic heterocycles. The van der Waals surface area contributed by atoms with E-state index in [0.29, 0.717) is 0 Å². The number of aromatic nitrogens is 4. The molecule has 0 spiro atoms. The summed E-state index contributed by atoms with van der Waals surface area (Å²) in [7, 11) is -4.78. The molecule has 5 N–H and O–H groups in total. The van der Waals surface area contributed by atoms with E-state index in [1.54, 1.807) is 0 Å². The lowest BCUT2D eigenvalue weighted by molar-refractivity contribution is -0.114. The van der Waals surface area contributed by atoms with E-state index in [-0.39, 0.29) is 23.4 Å². The smallest absolute Gasteiger partial charge is 0.394 e. The van der Waals surface area contributed by atoms with Crippen LogP contribution >= 0.6 is 7.82 Å². The number of aliphatic hydroxyl groups excluding tert-OH is 1. The first-order valence-electron chi connectivity index (χ1n) is 7.42. The summed E-state index contributed by atoms with van der Waals surface area (Å²) in [5.74, 6) is -0.360. The van der Waals surface area contributed by atoms with Gasteiger partial charge < -0.3 is 24.9 Å². The van der Waals surface area contributed by atoms with Crippen LogP contribution < -0.4 is 11.0 Å².